The molecule has 0 aliphatic carbocycles. The Morgan fingerprint density at radius 3 is 0.638 bits per heavy atom. The molecule has 3 heterocycles. The van der Waals surface area contributed by atoms with E-state index in [9.17, 15) is 0 Å². The van der Waals surface area contributed by atoms with Crippen LogP contribution in [0.15, 0.2) is 328 Å². The van der Waals surface area contributed by atoms with Crippen molar-refractivity contribution in [3.63, 3.8) is 0 Å². The summed E-state index contributed by atoms with van der Waals surface area (Å²) in [6.45, 7) is 12.9. The Hall–Kier alpha value is -9.19. The molecule has 15 aromatic rings. The van der Waals surface area contributed by atoms with E-state index in [1.165, 1.54) is 130 Å². The van der Waals surface area contributed by atoms with E-state index in [1.807, 2.05) is 18.6 Å². The Kier molecular flexibility index (Phi) is 20.9. The van der Waals surface area contributed by atoms with Crippen molar-refractivity contribution in [3.8, 4) is 33.8 Å². The van der Waals surface area contributed by atoms with Crippen molar-refractivity contribution in [1.82, 2.24) is 15.0 Å². The molecule has 459 valence electrons. The zero-order valence-electron chi connectivity index (χ0n) is 53.7. The van der Waals surface area contributed by atoms with Gasteiger partial charge in [-0.05, 0) is 166 Å². The summed E-state index contributed by atoms with van der Waals surface area (Å²) in [5.74, 6) is 0. The average molecular weight is 1440 g/mol. The quantitative estimate of drug-likeness (QED) is 0.114. The van der Waals surface area contributed by atoms with E-state index in [-0.39, 0.29) is 20.1 Å². The van der Waals surface area contributed by atoms with Crippen molar-refractivity contribution in [3.05, 3.63) is 361 Å². The smallest absolute Gasteiger partial charge is 0.0780 e. The molecule has 3 aromatic heterocycles. The first-order chi connectivity index (χ1) is 45.6. The summed E-state index contributed by atoms with van der Waals surface area (Å²) in [5.41, 5.74) is 14.4. The molecule has 0 saturated heterocycles. The molecule has 12 aromatic carbocycles. The van der Waals surface area contributed by atoms with Crippen LogP contribution in [0.4, 0.5) is 0 Å². The molecule has 0 bridgehead atoms. The van der Waals surface area contributed by atoms with Gasteiger partial charge >= 0.3 is 0 Å². The monoisotopic (exact) mass is 1440 g/mol. The van der Waals surface area contributed by atoms with Crippen LogP contribution < -0.4 is 47.7 Å². The molecule has 94 heavy (non-hydrogen) atoms. The number of nitrogens with zero attached hydrogens (tertiary/aromatic N) is 3. The van der Waals surface area contributed by atoms with Crippen LogP contribution in [0.25, 0.3) is 66.1 Å². The van der Waals surface area contributed by atoms with Crippen LogP contribution in [0.2, 0.25) is 0 Å². The number of hydrogen-bond donors (Lipinski definition) is 0. The fourth-order valence-electron chi connectivity index (χ4n) is 11.9. The van der Waals surface area contributed by atoms with Crippen LogP contribution in [-0.2, 0) is 20.1 Å². The van der Waals surface area contributed by atoms with Gasteiger partial charge in [-0.3, -0.25) is 15.0 Å². The van der Waals surface area contributed by atoms with Crippen LogP contribution in [0.1, 0.15) is 33.4 Å². The number of aromatic nitrogens is 3. The third-order valence-electron chi connectivity index (χ3n) is 16.9. The first-order valence-corrected chi connectivity index (χ1v) is 35.7. The molecule has 0 atom stereocenters. The molecule has 0 spiro atoms. The van der Waals surface area contributed by atoms with Gasteiger partial charge in [0.25, 0.3) is 0 Å². The molecule has 0 amide bonds. The Balaban J connectivity index is 0.000000135. The third-order valence-corrected chi connectivity index (χ3v) is 24.2. The minimum absolute atomic E-state index is 0. The summed E-state index contributed by atoms with van der Waals surface area (Å²) >= 11 is 0. The minimum atomic E-state index is -0.648. The molecule has 0 fully saturated rings. The fourth-order valence-corrected chi connectivity index (χ4v) is 18.8. The topological polar surface area (TPSA) is 38.7 Å². The van der Waals surface area contributed by atoms with Crippen molar-refractivity contribution in [2.24, 2.45) is 0 Å². The molecule has 7 heteroatoms. The van der Waals surface area contributed by atoms with Gasteiger partial charge in [0, 0.05) is 71.5 Å². The number of pyridine rings is 3. The van der Waals surface area contributed by atoms with Gasteiger partial charge < -0.3 is 0 Å². The first-order valence-electron chi connectivity index (χ1n) is 31.7. The first kappa shape index (κ1) is 64.9. The van der Waals surface area contributed by atoms with E-state index >= 15 is 0 Å². The van der Waals surface area contributed by atoms with E-state index in [1.54, 1.807) is 0 Å². The van der Waals surface area contributed by atoms with Crippen LogP contribution in [-0.4, -0.2) is 15.0 Å². The van der Waals surface area contributed by atoms with Gasteiger partial charge in [-0.2, -0.15) is 0 Å². The molecule has 1 radical (unpaired) electrons. The van der Waals surface area contributed by atoms with Crippen molar-refractivity contribution < 1.29 is 20.1 Å². The summed E-state index contributed by atoms with van der Waals surface area (Å²) in [6.07, 6.45) is 5.73. The van der Waals surface area contributed by atoms with Gasteiger partial charge in [0.2, 0.25) is 0 Å². The zero-order chi connectivity index (χ0) is 63.6. The zero-order valence-corrected chi connectivity index (χ0v) is 58.8. The second-order valence-electron chi connectivity index (χ2n) is 23.8. The van der Waals surface area contributed by atoms with E-state index in [0.29, 0.717) is 0 Å². The van der Waals surface area contributed by atoms with Crippen LogP contribution in [0, 0.1) is 41.5 Å². The molecule has 15 rings (SSSR count). The molecule has 0 saturated carbocycles. The fraction of sp³-hybridized carbons (Fsp3) is 0.0690. The van der Waals surface area contributed by atoms with Gasteiger partial charge in [0.05, 0.1) is 17.1 Å². The van der Waals surface area contributed by atoms with Crippen LogP contribution >= 0.6 is 23.8 Å². The van der Waals surface area contributed by atoms with Gasteiger partial charge in [-0.1, -0.05) is 306 Å². The molecule has 3 nitrogen and oxygen atoms in total. The number of rotatable bonds is 12. The second-order valence-corrected chi connectivity index (χ2v) is 30.5. The van der Waals surface area contributed by atoms with Gasteiger partial charge in [0.15, 0.2) is 0 Å². The second kappa shape index (κ2) is 30.3. The predicted octanol–water partition coefficient (Wildman–Crippen LogP) is 18.8. The average Bonchev–Trinajstić information content (AvgIpc) is 0.824. The van der Waals surface area contributed by atoms with Gasteiger partial charge in [-0.25, -0.2) is 0 Å². The normalized spacial score (nSPS) is 11.1. The van der Waals surface area contributed by atoms with E-state index in [4.69, 9.17) is 15.0 Å². The van der Waals surface area contributed by atoms with E-state index in [2.05, 4.69) is 351 Å². The van der Waals surface area contributed by atoms with Gasteiger partial charge in [0.1, 0.15) is 0 Å². The number of benzene rings is 12. The molecule has 0 aliphatic heterocycles. The Labute approximate surface area is 571 Å². The maximum atomic E-state index is 4.75. The third kappa shape index (κ3) is 15.1. The number of fused-ring (bicyclic) bond motifs is 3. The summed E-state index contributed by atoms with van der Waals surface area (Å²) < 4.78 is 0. The van der Waals surface area contributed by atoms with Crippen LogP contribution in [0.3, 0.4) is 0 Å². The maximum absolute atomic E-state index is 4.75. The van der Waals surface area contributed by atoms with Crippen molar-refractivity contribution in [2.75, 3.05) is 0 Å². The maximum Gasteiger partial charge on any atom is 0.0780 e. The Morgan fingerprint density at radius 1 is 0.202 bits per heavy atom. The summed E-state index contributed by atoms with van der Waals surface area (Å²) in [4.78, 5) is 14.3. The molecule has 0 unspecified atom stereocenters. The van der Waals surface area contributed by atoms with Crippen molar-refractivity contribution >= 4 is 104 Å². The van der Waals surface area contributed by atoms with Crippen LogP contribution in [0.5, 0.6) is 0 Å². The SMILES string of the molecule is Cc1ccc(P(c2ccc(C)cc2)c2cccc(-c3nccc4ccccc34)c2)cc1.Cc1ccc(P(c2ccc(C)cc2)c2cccc(-c3nccc4ccccc34)c2)cc1.Cc1ccc(P(c2ccc(C)cc2)c2cccc(-c3nccc4ccccc34)c2)cc1.[Ir]. The molecular weight excluding hydrogens is 1370 g/mol. The largest absolute Gasteiger partial charge is 0.256 e. The van der Waals surface area contributed by atoms with E-state index in [0.717, 1.165) is 17.1 Å². The Bertz CT molecular complexity index is 4380. The summed E-state index contributed by atoms with van der Waals surface area (Å²) in [5, 5.41) is 19.5. The minimum Gasteiger partial charge on any atom is -0.256 e. The predicted molar refractivity (Wildman–Crippen MR) is 406 cm³/mol. The number of hydrogen-bond acceptors (Lipinski definition) is 3. The molecule has 0 aliphatic rings. The van der Waals surface area contributed by atoms with Crippen molar-refractivity contribution in [2.45, 2.75) is 41.5 Å². The van der Waals surface area contributed by atoms with Crippen molar-refractivity contribution in [1.29, 1.82) is 0 Å². The molecular formula is C87H72IrN3P3. The Morgan fingerprint density at radius 2 is 0.415 bits per heavy atom. The number of aryl methyl sites for hydroxylation is 6. The molecule has 0 N–H and O–H groups in total. The summed E-state index contributed by atoms with van der Waals surface area (Å²) in [6, 6.07) is 112. The summed E-state index contributed by atoms with van der Waals surface area (Å²) in [7, 11) is -1.94. The van der Waals surface area contributed by atoms with Gasteiger partial charge in [-0.15, -0.1) is 0 Å². The van der Waals surface area contributed by atoms with E-state index < -0.39 is 23.8 Å². The standard InChI is InChI=1S/3C29H24NP.Ir/c3*1-21-10-14-25(15-11-21)31(26-16-12-22(2)13-17-26)27-8-5-7-24(20-27)29-28-9-4-3-6-23(28)18-19-30-29;/h3*3-20H,1-2H3;.